The van der Waals surface area contributed by atoms with Crippen molar-refractivity contribution < 1.29 is 9.78 Å². The van der Waals surface area contributed by atoms with E-state index < -0.39 is 0 Å². The average Bonchev–Trinajstić information content (AvgIpc) is 2.57. The summed E-state index contributed by atoms with van der Waals surface area (Å²) in [6.45, 7) is 0. The summed E-state index contributed by atoms with van der Waals surface area (Å²) in [5, 5.41) is 16.1. The van der Waals surface area contributed by atoms with Crippen molar-refractivity contribution in [1.29, 1.82) is 0 Å². The number of aromatic nitrogens is 1. The van der Waals surface area contributed by atoms with Crippen molar-refractivity contribution in [3.05, 3.63) is 78.1 Å². The molecule has 2 aromatic rings. The first kappa shape index (κ1) is 13.6. The Morgan fingerprint density at radius 3 is 2.48 bits per heavy atom. The summed E-state index contributed by atoms with van der Waals surface area (Å²) in [5.41, 5.74) is 1.92. The summed E-state index contributed by atoms with van der Waals surface area (Å²) in [4.78, 5) is 0. The minimum atomic E-state index is -0.228. The van der Waals surface area contributed by atoms with Gasteiger partial charge in [-0.25, -0.2) is 0 Å². The summed E-state index contributed by atoms with van der Waals surface area (Å²) in [6, 6.07) is 13.2. The summed E-state index contributed by atoms with van der Waals surface area (Å²) < 4.78 is 1.58. The number of pyridine rings is 1. The number of rotatable bonds is 3. The molecule has 0 fully saturated rings. The molecule has 0 aliphatic heterocycles. The first-order chi connectivity index (χ1) is 10.3. The number of nitrogens with zero attached hydrogens (tertiary/aromatic N) is 2. The molecule has 106 valence electrons. The van der Waals surface area contributed by atoms with Crippen molar-refractivity contribution in [2.75, 3.05) is 0 Å². The number of benzene rings is 1. The van der Waals surface area contributed by atoms with E-state index in [0.29, 0.717) is 11.5 Å². The van der Waals surface area contributed by atoms with Crippen LogP contribution in [0.2, 0.25) is 0 Å². The molecule has 0 radical (unpaired) electrons. The van der Waals surface area contributed by atoms with E-state index in [2.05, 4.69) is 29.4 Å². The Morgan fingerprint density at radius 2 is 1.81 bits per heavy atom. The summed E-state index contributed by atoms with van der Waals surface area (Å²) >= 11 is 0. The SMILES string of the molecule is [O-]/C(=N\[n+]1ccc(C2CC=CCC2)cc1)c1ccccc1. The highest BCUT2D eigenvalue weighted by atomic mass is 16.3. The van der Waals surface area contributed by atoms with Crippen molar-refractivity contribution in [1.82, 2.24) is 0 Å². The molecular weight excluding hydrogens is 260 g/mol. The van der Waals surface area contributed by atoms with Gasteiger partial charge in [-0.1, -0.05) is 47.2 Å². The second-order valence-electron chi connectivity index (χ2n) is 5.26. The van der Waals surface area contributed by atoms with E-state index >= 15 is 0 Å². The second kappa shape index (κ2) is 6.35. The van der Waals surface area contributed by atoms with Gasteiger partial charge in [0.15, 0.2) is 0 Å². The molecular formula is C18H18N2O. The van der Waals surface area contributed by atoms with Gasteiger partial charge in [-0.15, -0.1) is 0 Å². The lowest BCUT2D eigenvalue weighted by Gasteiger charge is -2.16. The Labute approximate surface area is 124 Å². The number of allylic oxidation sites excluding steroid dienone is 2. The maximum Gasteiger partial charge on any atom is 0.202 e. The monoisotopic (exact) mass is 278 g/mol. The molecule has 3 rings (SSSR count). The van der Waals surface area contributed by atoms with E-state index in [0.717, 1.165) is 12.8 Å². The van der Waals surface area contributed by atoms with Gasteiger partial charge in [-0.2, -0.15) is 0 Å². The lowest BCUT2D eigenvalue weighted by Crippen LogP contribution is -2.33. The smallest absolute Gasteiger partial charge is 0.202 e. The average molecular weight is 278 g/mol. The van der Waals surface area contributed by atoms with Gasteiger partial charge in [0.1, 0.15) is 0 Å². The zero-order valence-electron chi connectivity index (χ0n) is 11.9. The van der Waals surface area contributed by atoms with E-state index in [9.17, 15) is 5.11 Å². The van der Waals surface area contributed by atoms with Crippen LogP contribution < -0.4 is 9.78 Å². The molecule has 1 aliphatic carbocycles. The van der Waals surface area contributed by atoms with Crippen LogP contribution in [0.5, 0.6) is 0 Å². The first-order valence-corrected chi connectivity index (χ1v) is 7.30. The van der Waals surface area contributed by atoms with Crippen LogP contribution in [0.15, 0.2) is 72.1 Å². The maximum absolute atomic E-state index is 12.0. The zero-order valence-corrected chi connectivity index (χ0v) is 11.9. The van der Waals surface area contributed by atoms with Gasteiger partial charge in [0.2, 0.25) is 12.4 Å². The third-order valence-electron chi connectivity index (χ3n) is 3.81. The predicted octanol–water partition coefficient (Wildman–Crippen LogP) is 2.37. The molecule has 1 aromatic heterocycles. The fourth-order valence-electron chi connectivity index (χ4n) is 2.61. The van der Waals surface area contributed by atoms with Crippen LogP contribution in [0.4, 0.5) is 0 Å². The van der Waals surface area contributed by atoms with Crippen molar-refractivity contribution in [3.8, 4) is 0 Å². The normalized spacial score (nSPS) is 18.7. The molecule has 1 aromatic carbocycles. The number of hydrogen-bond acceptors (Lipinski definition) is 2. The molecule has 0 bridgehead atoms. The van der Waals surface area contributed by atoms with Gasteiger partial charge in [-0.05, 0) is 41.4 Å². The molecule has 1 heterocycles. The lowest BCUT2D eigenvalue weighted by molar-refractivity contribution is -0.681. The Balaban J connectivity index is 1.76. The highest BCUT2D eigenvalue weighted by molar-refractivity contribution is 5.89. The van der Waals surface area contributed by atoms with Gasteiger partial charge in [0.25, 0.3) is 0 Å². The van der Waals surface area contributed by atoms with Crippen molar-refractivity contribution in [3.63, 3.8) is 0 Å². The molecule has 21 heavy (non-hydrogen) atoms. The predicted molar refractivity (Wildman–Crippen MR) is 80.7 cm³/mol. The molecule has 0 saturated carbocycles. The van der Waals surface area contributed by atoms with Crippen molar-refractivity contribution >= 4 is 5.90 Å². The Kier molecular flexibility index (Phi) is 4.10. The van der Waals surface area contributed by atoms with Gasteiger partial charge in [-0.3, -0.25) is 0 Å². The highest BCUT2D eigenvalue weighted by Gasteiger charge is 2.13. The molecule has 0 saturated heterocycles. The van der Waals surface area contributed by atoms with Crippen molar-refractivity contribution in [2.45, 2.75) is 25.2 Å². The van der Waals surface area contributed by atoms with Gasteiger partial charge >= 0.3 is 0 Å². The standard InChI is InChI=1S/C18H18N2O/c21-18(17-9-5-2-6-10-17)19-20-13-11-16(12-14-20)15-7-3-1-4-8-15/h1-3,5-6,9-15H,4,7-8H2. The van der Waals surface area contributed by atoms with E-state index in [1.54, 1.807) is 16.8 Å². The van der Waals surface area contributed by atoms with Gasteiger partial charge < -0.3 is 5.11 Å². The van der Waals surface area contributed by atoms with E-state index in [1.807, 2.05) is 30.6 Å². The lowest BCUT2D eigenvalue weighted by atomic mass is 9.88. The fraction of sp³-hybridized carbons (Fsp3) is 0.222. The van der Waals surface area contributed by atoms with Gasteiger partial charge in [0.05, 0.1) is 5.90 Å². The molecule has 1 aliphatic rings. The summed E-state index contributed by atoms with van der Waals surface area (Å²) in [6.07, 6.45) is 11.6. The minimum absolute atomic E-state index is 0.228. The van der Waals surface area contributed by atoms with Crippen LogP contribution in [-0.4, -0.2) is 5.90 Å². The third-order valence-corrected chi connectivity index (χ3v) is 3.81. The third kappa shape index (κ3) is 3.37. The second-order valence-corrected chi connectivity index (χ2v) is 5.26. The zero-order chi connectivity index (χ0) is 14.5. The summed E-state index contributed by atoms with van der Waals surface area (Å²) in [5.74, 6) is 0.364. The quantitative estimate of drug-likeness (QED) is 0.368. The maximum atomic E-state index is 12.0. The Morgan fingerprint density at radius 1 is 1.05 bits per heavy atom. The summed E-state index contributed by atoms with van der Waals surface area (Å²) in [7, 11) is 0. The van der Waals surface area contributed by atoms with E-state index in [4.69, 9.17) is 0 Å². The minimum Gasteiger partial charge on any atom is -0.854 e. The topological polar surface area (TPSA) is 39.3 Å². The molecule has 1 atom stereocenters. The van der Waals surface area contributed by atoms with E-state index in [1.165, 1.54) is 12.0 Å². The molecule has 1 unspecified atom stereocenters. The van der Waals surface area contributed by atoms with Crippen LogP contribution in [0, 0.1) is 0 Å². The van der Waals surface area contributed by atoms with Crippen LogP contribution in [0.1, 0.15) is 36.3 Å². The Hall–Kier alpha value is -2.42. The van der Waals surface area contributed by atoms with Crippen LogP contribution in [0.3, 0.4) is 0 Å². The number of hydrogen-bond donors (Lipinski definition) is 0. The fourth-order valence-corrected chi connectivity index (χ4v) is 2.61. The molecule has 0 spiro atoms. The first-order valence-electron chi connectivity index (χ1n) is 7.30. The molecule has 0 amide bonds. The Bertz CT molecular complexity index is 645. The largest absolute Gasteiger partial charge is 0.854 e. The molecule has 0 N–H and O–H groups in total. The van der Waals surface area contributed by atoms with Crippen molar-refractivity contribution in [2.24, 2.45) is 5.10 Å². The van der Waals surface area contributed by atoms with Gasteiger partial charge in [0, 0.05) is 12.1 Å². The highest BCUT2D eigenvalue weighted by Crippen LogP contribution is 2.28. The molecule has 3 heteroatoms. The van der Waals surface area contributed by atoms with Crippen LogP contribution in [-0.2, 0) is 0 Å². The van der Waals surface area contributed by atoms with E-state index in [-0.39, 0.29) is 5.90 Å². The van der Waals surface area contributed by atoms with Crippen LogP contribution in [0.25, 0.3) is 0 Å². The van der Waals surface area contributed by atoms with Crippen LogP contribution >= 0.6 is 0 Å². The molecule has 3 nitrogen and oxygen atoms in total.